The van der Waals surface area contributed by atoms with E-state index in [2.05, 4.69) is 0 Å². The van der Waals surface area contributed by atoms with Gasteiger partial charge in [-0.3, -0.25) is 9.59 Å². The first-order valence-corrected chi connectivity index (χ1v) is 8.96. The van der Waals surface area contributed by atoms with E-state index in [9.17, 15) is 14.0 Å². The average molecular weight is 394 g/mol. The monoisotopic (exact) mass is 394 g/mol. The fourth-order valence-corrected chi connectivity index (χ4v) is 2.57. The van der Waals surface area contributed by atoms with Gasteiger partial charge in [-0.1, -0.05) is 60.7 Å². The third-order valence-corrected chi connectivity index (χ3v) is 3.91. The first-order valence-electron chi connectivity index (χ1n) is 8.96. The highest BCUT2D eigenvalue weighted by Crippen LogP contribution is 2.17. The molecule has 6 heteroatoms. The van der Waals surface area contributed by atoms with Crippen LogP contribution < -0.4 is 10.5 Å². The SMILES string of the molecule is COc1cccc(CN(CC(N)=O)C(=O)c2ccccc2F)c1.c1ccccc1. The summed E-state index contributed by atoms with van der Waals surface area (Å²) in [5.41, 5.74) is 5.85. The summed E-state index contributed by atoms with van der Waals surface area (Å²) >= 11 is 0. The molecule has 2 amide bonds. The summed E-state index contributed by atoms with van der Waals surface area (Å²) in [6, 6.07) is 24.7. The second-order valence-corrected chi connectivity index (χ2v) is 6.11. The number of nitrogens with zero attached hydrogens (tertiary/aromatic N) is 1. The fourth-order valence-electron chi connectivity index (χ4n) is 2.57. The Morgan fingerprint density at radius 2 is 1.55 bits per heavy atom. The van der Waals surface area contributed by atoms with Gasteiger partial charge in [-0.05, 0) is 29.8 Å². The van der Waals surface area contributed by atoms with Gasteiger partial charge in [0.05, 0.1) is 19.2 Å². The van der Waals surface area contributed by atoms with Crippen LogP contribution in [0.15, 0.2) is 84.9 Å². The molecule has 0 aliphatic heterocycles. The molecular weight excluding hydrogens is 371 g/mol. The number of amides is 2. The number of rotatable bonds is 6. The van der Waals surface area contributed by atoms with E-state index < -0.39 is 17.6 Å². The van der Waals surface area contributed by atoms with Gasteiger partial charge < -0.3 is 15.4 Å². The van der Waals surface area contributed by atoms with Crippen molar-refractivity contribution in [3.05, 3.63) is 102 Å². The van der Waals surface area contributed by atoms with E-state index in [1.807, 2.05) is 36.4 Å². The van der Waals surface area contributed by atoms with Crippen molar-refractivity contribution in [1.82, 2.24) is 4.90 Å². The smallest absolute Gasteiger partial charge is 0.257 e. The Kier molecular flexibility index (Phi) is 8.38. The summed E-state index contributed by atoms with van der Waals surface area (Å²) < 4.78 is 18.9. The van der Waals surface area contributed by atoms with Gasteiger partial charge in [0.15, 0.2) is 0 Å². The molecule has 2 N–H and O–H groups in total. The van der Waals surface area contributed by atoms with Crippen LogP contribution in [-0.2, 0) is 11.3 Å². The summed E-state index contributed by atoms with van der Waals surface area (Å²) in [5.74, 6) is -1.28. The van der Waals surface area contributed by atoms with Crippen molar-refractivity contribution >= 4 is 11.8 Å². The van der Waals surface area contributed by atoms with Gasteiger partial charge >= 0.3 is 0 Å². The fraction of sp³-hybridized carbons (Fsp3) is 0.130. The Morgan fingerprint density at radius 3 is 2.10 bits per heavy atom. The molecule has 5 nitrogen and oxygen atoms in total. The van der Waals surface area contributed by atoms with Gasteiger partial charge in [-0.2, -0.15) is 0 Å². The molecule has 0 saturated carbocycles. The minimum atomic E-state index is -0.669. The van der Waals surface area contributed by atoms with Gasteiger partial charge in [0, 0.05) is 6.54 Å². The first kappa shape index (κ1) is 21.6. The lowest BCUT2D eigenvalue weighted by Gasteiger charge is -2.22. The van der Waals surface area contributed by atoms with Crippen LogP contribution in [0.25, 0.3) is 0 Å². The van der Waals surface area contributed by atoms with Crippen LogP contribution in [0.3, 0.4) is 0 Å². The Hall–Kier alpha value is -3.67. The zero-order valence-corrected chi connectivity index (χ0v) is 16.1. The maximum atomic E-state index is 13.8. The maximum Gasteiger partial charge on any atom is 0.257 e. The van der Waals surface area contributed by atoms with Crippen LogP contribution in [-0.4, -0.2) is 30.4 Å². The second-order valence-electron chi connectivity index (χ2n) is 6.11. The van der Waals surface area contributed by atoms with Crippen molar-refractivity contribution in [2.75, 3.05) is 13.7 Å². The van der Waals surface area contributed by atoms with Gasteiger partial charge in [0.25, 0.3) is 5.91 Å². The van der Waals surface area contributed by atoms with Crippen molar-refractivity contribution in [1.29, 1.82) is 0 Å². The molecule has 0 fully saturated rings. The molecular formula is C23H23FN2O3. The van der Waals surface area contributed by atoms with Crippen molar-refractivity contribution in [2.24, 2.45) is 5.73 Å². The standard InChI is InChI=1S/C17H17FN2O3.C6H6/c1-23-13-6-4-5-12(9-13)10-20(11-16(19)21)17(22)14-7-2-3-8-15(14)18;1-2-4-6-5-3-1/h2-9H,10-11H2,1H3,(H2,19,21);1-6H. The summed E-state index contributed by atoms with van der Waals surface area (Å²) in [6.07, 6.45) is 0. The van der Waals surface area contributed by atoms with E-state index in [4.69, 9.17) is 10.5 Å². The molecule has 150 valence electrons. The summed E-state index contributed by atoms with van der Waals surface area (Å²) in [6.45, 7) is -0.183. The van der Waals surface area contributed by atoms with Crippen molar-refractivity contribution in [2.45, 2.75) is 6.54 Å². The zero-order chi connectivity index (χ0) is 21.1. The van der Waals surface area contributed by atoms with Crippen molar-refractivity contribution < 1.29 is 18.7 Å². The minimum Gasteiger partial charge on any atom is -0.497 e. The van der Waals surface area contributed by atoms with Crippen LogP contribution in [0.4, 0.5) is 4.39 Å². The number of nitrogens with two attached hydrogens (primary N) is 1. The molecule has 3 aromatic rings. The van der Waals surface area contributed by atoms with Crippen LogP contribution in [0.2, 0.25) is 0 Å². The molecule has 0 atom stereocenters. The largest absolute Gasteiger partial charge is 0.497 e. The molecule has 29 heavy (non-hydrogen) atoms. The van der Waals surface area contributed by atoms with E-state index in [1.54, 1.807) is 30.3 Å². The van der Waals surface area contributed by atoms with Crippen molar-refractivity contribution in [3.8, 4) is 5.75 Å². The van der Waals surface area contributed by atoms with E-state index in [0.29, 0.717) is 5.75 Å². The highest BCUT2D eigenvalue weighted by molar-refractivity contribution is 5.96. The van der Waals surface area contributed by atoms with E-state index in [0.717, 1.165) is 5.56 Å². The third-order valence-electron chi connectivity index (χ3n) is 3.91. The molecule has 0 spiro atoms. The molecule has 0 bridgehead atoms. The van der Waals surface area contributed by atoms with E-state index in [-0.39, 0.29) is 18.7 Å². The first-order chi connectivity index (χ1) is 14.0. The predicted molar refractivity (Wildman–Crippen MR) is 110 cm³/mol. The molecule has 0 heterocycles. The molecule has 3 rings (SSSR count). The zero-order valence-electron chi connectivity index (χ0n) is 16.1. The predicted octanol–water partition coefficient (Wildman–Crippen LogP) is 3.65. The number of benzene rings is 3. The molecule has 0 unspecified atom stereocenters. The van der Waals surface area contributed by atoms with Gasteiger partial charge in [0.2, 0.25) is 5.91 Å². The highest BCUT2D eigenvalue weighted by Gasteiger charge is 2.21. The number of hydrogen-bond donors (Lipinski definition) is 1. The number of ether oxygens (including phenoxy) is 1. The van der Waals surface area contributed by atoms with Gasteiger partial charge in [-0.25, -0.2) is 4.39 Å². The maximum absolute atomic E-state index is 13.8. The lowest BCUT2D eigenvalue weighted by atomic mass is 10.1. The molecule has 3 aromatic carbocycles. The van der Waals surface area contributed by atoms with Gasteiger partial charge in [0.1, 0.15) is 11.6 Å². The van der Waals surface area contributed by atoms with E-state index in [1.165, 1.54) is 30.2 Å². The number of halogens is 1. The lowest BCUT2D eigenvalue weighted by molar-refractivity contribution is -0.118. The summed E-state index contributed by atoms with van der Waals surface area (Å²) in [4.78, 5) is 25.0. The number of carbonyl (C=O) groups excluding carboxylic acids is 2. The van der Waals surface area contributed by atoms with E-state index >= 15 is 0 Å². The van der Waals surface area contributed by atoms with Crippen LogP contribution in [0, 0.1) is 5.82 Å². The minimum absolute atomic E-state index is 0.100. The number of hydrogen-bond acceptors (Lipinski definition) is 3. The Morgan fingerprint density at radius 1 is 0.931 bits per heavy atom. The molecule has 0 aliphatic rings. The van der Waals surface area contributed by atoms with Crippen molar-refractivity contribution in [3.63, 3.8) is 0 Å². The quantitative estimate of drug-likeness (QED) is 0.694. The van der Waals surface area contributed by atoms with Crippen LogP contribution in [0.1, 0.15) is 15.9 Å². The Bertz CT molecular complexity index is 905. The average Bonchev–Trinajstić information content (AvgIpc) is 2.75. The van der Waals surface area contributed by atoms with Crippen LogP contribution in [0.5, 0.6) is 5.75 Å². The molecule has 0 radical (unpaired) electrons. The van der Waals surface area contributed by atoms with Crippen LogP contribution >= 0.6 is 0 Å². The third kappa shape index (κ3) is 7.10. The number of primary amides is 1. The number of carbonyl (C=O) groups is 2. The Balaban J connectivity index is 0.000000426. The topological polar surface area (TPSA) is 72.6 Å². The normalized spacial score (nSPS) is 9.72. The van der Waals surface area contributed by atoms with Gasteiger partial charge in [-0.15, -0.1) is 0 Å². The summed E-state index contributed by atoms with van der Waals surface area (Å²) in [5, 5.41) is 0. The second kappa shape index (κ2) is 11.2. The number of methoxy groups -OCH3 is 1. The molecule has 0 saturated heterocycles. The highest BCUT2D eigenvalue weighted by atomic mass is 19.1. The lowest BCUT2D eigenvalue weighted by Crippen LogP contribution is -2.38. The molecule has 0 aromatic heterocycles. The summed E-state index contributed by atoms with van der Waals surface area (Å²) in [7, 11) is 1.53. The molecule has 0 aliphatic carbocycles. The Labute approximate surface area is 169 Å².